The van der Waals surface area contributed by atoms with Gasteiger partial charge >= 0.3 is 0 Å². The van der Waals surface area contributed by atoms with E-state index < -0.39 is 0 Å². The van der Waals surface area contributed by atoms with Gasteiger partial charge in [0, 0.05) is 20.1 Å². The molecule has 0 radical (unpaired) electrons. The summed E-state index contributed by atoms with van der Waals surface area (Å²) in [4.78, 5) is 2.27. The second-order valence-electron chi connectivity index (χ2n) is 5.85. The third-order valence-corrected chi connectivity index (χ3v) is 4.33. The summed E-state index contributed by atoms with van der Waals surface area (Å²) >= 11 is 0. The molecule has 0 bridgehead atoms. The molecule has 0 spiro atoms. The van der Waals surface area contributed by atoms with E-state index >= 15 is 0 Å². The number of nitrogens with zero attached hydrogens (tertiary/aromatic N) is 3. The fourth-order valence-corrected chi connectivity index (χ4v) is 3.17. The van der Waals surface area contributed by atoms with Crippen LogP contribution in [0, 0.1) is 18.3 Å². The van der Waals surface area contributed by atoms with E-state index in [9.17, 15) is 0 Å². The monoisotopic (exact) mass is 263 g/mol. The van der Waals surface area contributed by atoms with E-state index in [-0.39, 0.29) is 5.84 Å². The molecule has 0 atom stereocenters. The number of amidine groups is 1. The molecular weight excluding hydrogens is 238 g/mol. The first-order valence-corrected chi connectivity index (χ1v) is 7.02. The Morgan fingerprint density at radius 3 is 2.47 bits per heavy atom. The maximum atomic E-state index is 7.77. The van der Waals surface area contributed by atoms with Crippen molar-refractivity contribution in [2.24, 2.45) is 18.7 Å². The van der Waals surface area contributed by atoms with Crippen LogP contribution in [-0.2, 0) is 7.05 Å². The fraction of sp³-hybridized carbons (Fsp3) is 0.714. The van der Waals surface area contributed by atoms with Crippen molar-refractivity contribution in [2.45, 2.75) is 45.6 Å². The van der Waals surface area contributed by atoms with Gasteiger partial charge in [-0.3, -0.25) is 10.1 Å². The van der Waals surface area contributed by atoms with E-state index in [0.29, 0.717) is 6.04 Å². The van der Waals surface area contributed by atoms with E-state index in [4.69, 9.17) is 11.1 Å². The maximum Gasteiger partial charge on any atom is 0.137 e. The molecule has 5 heteroatoms. The Balaban J connectivity index is 2.28. The van der Waals surface area contributed by atoms with Crippen LogP contribution >= 0.6 is 0 Å². The lowest BCUT2D eigenvalue weighted by molar-refractivity contribution is 0.338. The van der Waals surface area contributed by atoms with Crippen LogP contribution in [0.5, 0.6) is 0 Å². The van der Waals surface area contributed by atoms with Crippen LogP contribution in [0.2, 0.25) is 0 Å². The number of aromatic nitrogens is 2. The number of anilines is 1. The molecule has 106 valence electrons. The Morgan fingerprint density at radius 2 is 1.95 bits per heavy atom. The van der Waals surface area contributed by atoms with Gasteiger partial charge in [-0.15, -0.1) is 0 Å². The predicted octanol–water partition coefficient (Wildman–Crippen LogP) is 2.03. The second-order valence-corrected chi connectivity index (χ2v) is 5.85. The molecule has 0 saturated heterocycles. The van der Waals surface area contributed by atoms with Crippen LogP contribution in [0.25, 0.3) is 0 Å². The van der Waals surface area contributed by atoms with Gasteiger partial charge < -0.3 is 10.6 Å². The van der Waals surface area contributed by atoms with Crippen LogP contribution in [0.1, 0.15) is 43.9 Å². The Kier molecular flexibility index (Phi) is 3.83. The van der Waals surface area contributed by atoms with Crippen LogP contribution < -0.4 is 10.6 Å². The van der Waals surface area contributed by atoms with Crippen LogP contribution in [0.15, 0.2) is 0 Å². The summed E-state index contributed by atoms with van der Waals surface area (Å²) in [5.41, 5.74) is 7.34. The highest BCUT2D eigenvalue weighted by Gasteiger charge is 2.27. The molecule has 5 nitrogen and oxygen atoms in total. The largest absolute Gasteiger partial charge is 0.384 e. The van der Waals surface area contributed by atoms with Gasteiger partial charge in [0.2, 0.25) is 0 Å². The molecule has 19 heavy (non-hydrogen) atoms. The van der Waals surface area contributed by atoms with Crippen LogP contribution in [0.3, 0.4) is 0 Å². The Bertz CT molecular complexity index is 468. The van der Waals surface area contributed by atoms with Crippen molar-refractivity contribution in [3.8, 4) is 0 Å². The number of hydrogen-bond acceptors (Lipinski definition) is 3. The summed E-state index contributed by atoms with van der Waals surface area (Å²) in [6.07, 6.45) is 4.97. The topological polar surface area (TPSA) is 70.9 Å². The van der Waals surface area contributed by atoms with E-state index in [0.717, 1.165) is 23.0 Å². The average molecular weight is 263 g/mol. The lowest BCUT2D eigenvalue weighted by atomic mass is 9.86. The third-order valence-electron chi connectivity index (χ3n) is 4.33. The van der Waals surface area contributed by atoms with Crippen molar-refractivity contribution >= 4 is 11.7 Å². The number of aryl methyl sites for hydroxylation is 2. The summed E-state index contributed by atoms with van der Waals surface area (Å²) in [6.45, 7) is 4.24. The quantitative estimate of drug-likeness (QED) is 0.647. The van der Waals surface area contributed by atoms with Gasteiger partial charge in [-0.2, -0.15) is 5.10 Å². The standard InChI is InChI=1S/C14H25N5/c1-9-5-7-11(8-6-9)18(3)14-12(13(15)16)10(2)17-19(14)4/h9,11H,5-8H2,1-4H3,(H3,15,16). The van der Waals surface area contributed by atoms with E-state index in [1.54, 1.807) is 0 Å². The number of nitrogens with one attached hydrogen (secondary N) is 1. The first kappa shape index (κ1) is 13.9. The zero-order valence-electron chi connectivity index (χ0n) is 12.4. The van der Waals surface area contributed by atoms with Crippen molar-refractivity contribution in [3.05, 3.63) is 11.3 Å². The zero-order chi connectivity index (χ0) is 14.2. The minimum absolute atomic E-state index is 0.108. The first-order chi connectivity index (χ1) is 8.91. The van der Waals surface area contributed by atoms with Gasteiger partial charge in [0.05, 0.1) is 11.3 Å². The highest BCUT2D eigenvalue weighted by Crippen LogP contribution is 2.31. The predicted molar refractivity (Wildman–Crippen MR) is 78.8 cm³/mol. The molecule has 0 amide bonds. The molecule has 1 aliphatic carbocycles. The van der Waals surface area contributed by atoms with Crippen LogP contribution in [0.4, 0.5) is 5.82 Å². The molecule has 1 aromatic rings. The Labute approximate surface area is 115 Å². The third kappa shape index (κ3) is 2.60. The summed E-state index contributed by atoms with van der Waals surface area (Å²) in [7, 11) is 4.03. The minimum Gasteiger partial charge on any atom is -0.384 e. The van der Waals surface area contributed by atoms with Gasteiger partial charge in [0.25, 0.3) is 0 Å². The average Bonchev–Trinajstić information content (AvgIpc) is 2.64. The number of rotatable bonds is 3. The highest BCUT2D eigenvalue weighted by molar-refractivity contribution is 6.00. The van der Waals surface area contributed by atoms with Gasteiger partial charge in [0.1, 0.15) is 11.7 Å². The van der Waals surface area contributed by atoms with E-state index in [1.807, 2.05) is 18.7 Å². The fourth-order valence-electron chi connectivity index (χ4n) is 3.17. The van der Waals surface area contributed by atoms with Crippen molar-refractivity contribution in [2.75, 3.05) is 11.9 Å². The summed E-state index contributed by atoms with van der Waals surface area (Å²) in [6, 6.07) is 0.532. The minimum atomic E-state index is 0.108. The van der Waals surface area contributed by atoms with E-state index in [2.05, 4.69) is 24.0 Å². The normalized spacial score (nSPS) is 23.4. The van der Waals surface area contributed by atoms with Gasteiger partial charge in [-0.1, -0.05) is 6.92 Å². The lowest BCUT2D eigenvalue weighted by Gasteiger charge is -2.35. The molecule has 1 saturated carbocycles. The summed E-state index contributed by atoms with van der Waals surface area (Å²) in [5, 5.41) is 12.2. The van der Waals surface area contributed by atoms with Crippen molar-refractivity contribution in [1.82, 2.24) is 9.78 Å². The van der Waals surface area contributed by atoms with Gasteiger partial charge in [-0.25, -0.2) is 0 Å². The second kappa shape index (κ2) is 5.23. The summed E-state index contributed by atoms with van der Waals surface area (Å²) in [5.74, 6) is 1.92. The summed E-state index contributed by atoms with van der Waals surface area (Å²) < 4.78 is 1.85. The van der Waals surface area contributed by atoms with Crippen molar-refractivity contribution in [1.29, 1.82) is 5.41 Å². The maximum absolute atomic E-state index is 7.77. The number of nitrogens with two attached hydrogens (primary N) is 1. The van der Waals surface area contributed by atoms with Crippen molar-refractivity contribution < 1.29 is 0 Å². The molecule has 3 N–H and O–H groups in total. The molecule has 0 aliphatic heterocycles. The molecule has 1 aromatic heterocycles. The lowest BCUT2D eigenvalue weighted by Crippen LogP contribution is -2.37. The first-order valence-electron chi connectivity index (χ1n) is 7.02. The highest BCUT2D eigenvalue weighted by atomic mass is 15.4. The smallest absolute Gasteiger partial charge is 0.137 e. The molecule has 0 aromatic carbocycles. The van der Waals surface area contributed by atoms with Gasteiger partial charge in [-0.05, 0) is 38.5 Å². The zero-order valence-corrected chi connectivity index (χ0v) is 12.4. The van der Waals surface area contributed by atoms with Gasteiger partial charge in [0.15, 0.2) is 0 Å². The van der Waals surface area contributed by atoms with Crippen molar-refractivity contribution in [3.63, 3.8) is 0 Å². The molecule has 1 heterocycles. The molecule has 0 unspecified atom stereocenters. The molecular formula is C14H25N5. The SMILES string of the molecule is Cc1nn(C)c(N(C)C2CCC(C)CC2)c1C(=N)N. The van der Waals surface area contributed by atoms with Crippen LogP contribution in [-0.4, -0.2) is 28.7 Å². The molecule has 1 fully saturated rings. The number of hydrogen-bond donors (Lipinski definition) is 2. The Hall–Kier alpha value is -1.52. The number of nitrogen functional groups attached to an aromatic ring is 1. The Morgan fingerprint density at radius 1 is 1.37 bits per heavy atom. The van der Waals surface area contributed by atoms with E-state index in [1.165, 1.54) is 25.7 Å². The molecule has 2 rings (SSSR count). The molecule has 1 aliphatic rings.